The zero-order chi connectivity index (χ0) is 24.0. The predicted octanol–water partition coefficient (Wildman–Crippen LogP) is 5.39. The summed E-state index contributed by atoms with van der Waals surface area (Å²) < 4.78 is 11.6. The molecule has 6 nitrogen and oxygen atoms in total. The number of carbonyl (C=O) groups excluding carboxylic acids is 1. The first-order valence-corrected chi connectivity index (χ1v) is 12.7. The van der Waals surface area contributed by atoms with Crippen molar-refractivity contribution in [3.05, 3.63) is 52.5 Å². The van der Waals surface area contributed by atoms with Crippen molar-refractivity contribution in [2.24, 2.45) is 5.92 Å². The van der Waals surface area contributed by atoms with Gasteiger partial charge >= 0.3 is 6.09 Å². The molecule has 2 heterocycles. The minimum Gasteiger partial charge on any atom is -0.444 e. The van der Waals surface area contributed by atoms with Crippen LogP contribution in [0, 0.1) is 5.92 Å². The molecular weight excluding hydrogens is 454 g/mol. The predicted molar refractivity (Wildman–Crippen MR) is 137 cm³/mol. The summed E-state index contributed by atoms with van der Waals surface area (Å²) in [5, 5.41) is 6.53. The number of thiazole rings is 1. The fraction of sp³-hybridized carbons (Fsp3) is 0.560. The third kappa shape index (κ3) is 6.98. The molecule has 180 valence electrons. The van der Waals surface area contributed by atoms with Crippen LogP contribution in [0.4, 0.5) is 4.79 Å². The summed E-state index contributed by atoms with van der Waals surface area (Å²) in [5.41, 5.74) is 0.684. The second kappa shape index (κ2) is 11.4. The number of amides is 1. The van der Waals surface area contributed by atoms with Gasteiger partial charge in [0.05, 0.1) is 23.2 Å². The Morgan fingerprint density at radius 3 is 2.67 bits per heavy atom. The van der Waals surface area contributed by atoms with E-state index in [1.807, 2.05) is 50.5 Å². The van der Waals surface area contributed by atoms with E-state index in [0.717, 1.165) is 24.3 Å². The highest BCUT2D eigenvalue weighted by atomic mass is 32.1. The number of ether oxygens (including phenoxy) is 2. The fourth-order valence-electron chi connectivity index (χ4n) is 4.28. The lowest BCUT2D eigenvalue weighted by molar-refractivity contribution is -0.0132. The minimum atomic E-state index is -0.534. The zero-order valence-corrected chi connectivity index (χ0v) is 21.7. The molecule has 0 radical (unpaired) electrons. The number of thiocarbonyl (C=S) groups is 1. The first-order chi connectivity index (χ1) is 15.7. The molecule has 1 fully saturated rings. The van der Waals surface area contributed by atoms with Crippen molar-refractivity contribution in [1.29, 1.82) is 0 Å². The number of likely N-dealkylation sites (tertiary alicyclic amines) is 1. The summed E-state index contributed by atoms with van der Waals surface area (Å²) >= 11 is 7.48. The maximum Gasteiger partial charge on any atom is 0.410 e. The average molecular weight is 490 g/mol. The molecule has 2 aromatic rings. The van der Waals surface area contributed by atoms with Gasteiger partial charge in [-0.25, -0.2) is 9.78 Å². The van der Waals surface area contributed by atoms with Crippen LogP contribution in [0.25, 0.3) is 0 Å². The number of hydrogen-bond donors (Lipinski definition) is 1. The van der Waals surface area contributed by atoms with E-state index >= 15 is 0 Å². The molecule has 1 saturated heterocycles. The molecular formula is C25H35N3O3S2. The highest BCUT2D eigenvalue weighted by Gasteiger charge is 2.40. The molecule has 33 heavy (non-hydrogen) atoms. The third-order valence-electron chi connectivity index (χ3n) is 5.83. The molecule has 0 unspecified atom stereocenters. The molecule has 4 atom stereocenters. The van der Waals surface area contributed by atoms with Gasteiger partial charge in [0.25, 0.3) is 0 Å². The first kappa shape index (κ1) is 25.6. The molecule has 1 amide bonds. The highest BCUT2D eigenvalue weighted by Crippen LogP contribution is 2.29. The maximum atomic E-state index is 12.8. The fourth-order valence-corrected chi connectivity index (χ4v) is 5.25. The normalized spacial score (nSPS) is 19.1. The lowest BCUT2D eigenvalue weighted by Crippen LogP contribution is -2.50. The van der Waals surface area contributed by atoms with E-state index < -0.39 is 5.60 Å². The van der Waals surface area contributed by atoms with E-state index in [9.17, 15) is 4.79 Å². The highest BCUT2D eigenvalue weighted by molar-refractivity contribution is 7.80. The van der Waals surface area contributed by atoms with Crippen LogP contribution in [0.3, 0.4) is 0 Å². The first-order valence-electron chi connectivity index (χ1n) is 11.5. The van der Waals surface area contributed by atoms with Gasteiger partial charge in [-0.2, -0.15) is 0 Å². The summed E-state index contributed by atoms with van der Waals surface area (Å²) in [6.07, 6.45) is 3.88. The number of hydrogen-bond acceptors (Lipinski definition) is 6. The Morgan fingerprint density at radius 2 is 2.06 bits per heavy atom. The number of carbonyl (C=O) groups is 1. The Morgan fingerprint density at radius 1 is 1.33 bits per heavy atom. The molecule has 0 saturated carbocycles. The van der Waals surface area contributed by atoms with Crippen molar-refractivity contribution in [3.8, 4) is 0 Å². The minimum absolute atomic E-state index is 0.0228. The van der Waals surface area contributed by atoms with E-state index in [-0.39, 0.29) is 30.2 Å². The molecule has 0 bridgehead atoms. The van der Waals surface area contributed by atoms with Crippen molar-refractivity contribution < 1.29 is 14.3 Å². The SMILES string of the molecule is CO[C@H]([C@@H](C)C(=S)N[C@@H](Cc1ccccc1)c1nccs1)[C@@H]1CCCN1C(=O)OC(C)(C)C. The number of methoxy groups -OCH3 is 1. The number of aromatic nitrogens is 1. The quantitative estimate of drug-likeness (QED) is 0.501. The van der Waals surface area contributed by atoms with E-state index in [1.54, 1.807) is 23.3 Å². The van der Waals surface area contributed by atoms with Crippen LogP contribution in [-0.2, 0) is 15.9 Å². The molecule has 3 rings (SSSR count). The Kier molecular flexibility index (Phi) is 8.84. The van der Waals surface area contributed by atoms with E-state index in [2.05, 4.69) is 29.4 Å². The molecule has 0 spiro atoms. The van der Waals surface area contributed by atoms with Gasteiger partial charge in [-0.1, -0.05) is 49.5 Å². The monoisotopic (exact) mass is 489 g/mol. The van der Waals surface area contributed by atoms with E-state index in [0.29, 0.717) is 11.5 Å². The average Bonchev–Trinajstić information content (AvgIpc) is 3.46. The van der Waals surface area contributed by atoms with Crippen LogP contribution in [-0.4, -0.2) is 52.4 Å². The van der Waals surface area contributed by atoms with Gasteiger partial charge in [0, 0.05) is 31.1 Å². The number of nitrogens with one attached hydrogen (secondary N) is 1. The summed E-state index contributed by atoms with van der Waals surface area (Å²) in [4.78, 5) is 19.9. The summed E-state index contributed by atoms with van der Waals surface area (Å²) in [5.74, 6) is -0.0868. The molecule has 1 N–H and O–H groups in total. The Balaban J connectivity index is 1.72. The Labute approximate surface area is 206 Å². The smallest absolute Gasteiger partial charge is 0.410 e. The van der Waals surface area contributed by atoms with E-state index in [4.69, 9.17) is 21.7 Å². The van der Waals surface area contributed by atoms with Gasteiger partial charge in [0.2, 0.25) is 0 Å². The number of rotatable bonds is 8. The zero-order valence-electron chi connectivity index (χ0n) is 20.1. The summed E-state index contributed by atoms with van der Waals surface area (Å²) in [7, 11) is 1.69. The lowest BCUT2D eigenvalue weighted by Gasteiger charge is -2.36. The van der Waals surface area contributed by atoms with Crippen molar-refractivity contribution >= 4 is 34.6 Å². The van der Waals surface area contributed by atoms with Crippen molar-refractivity contribution in [2.45, 2.75) is 70.7 Å². The van der Waals surface area contributed by atoms with Gasteiger partial charge in [-0.15, -0.1) is 11.3 Å². The molecule has 8 heteroatoms. The molecule has 1 aliphatic rings. The second-order valence-corrected chi connectivity index (χ2v) is 10.9. The number of benzene rings is 1. The second-order valence-electron chi connectivity index (χ2n) is 9.49. The van der Waals surface area contributed by atoms with Gasteiger partial charge in [-0.05, 0) is 45.6 Å². The maximum absolute atomic E-state index is 12.8. The van der Waals surface area contributed by atoms with Gasteiger partial charge in [-0.3, -0.25) is 0 Å². The Hall–Kier alpha value is -2.03. The van der Waals surface area contributed by atoms with Crippen LogP contribution >= 0.6 is 23.6 Å². The standard InChI is InChI=1S/C25H35N3O3S2/c1-17(21(30-5)20-12-9-14-28(20)24(29)31-25(2,3)4)22(32)27-19(23-26-13-15-33-23)16-18-10-7-6-8-11-18/h6-8,10-11,13,15,17,19-21H,9,12,14,16H2,1-5H3,(H,27,32)/t17-,19+,20+,21-/m1/s1. The van der Waals surface area contributed by atoms with Crippen LogP contribution in [0.15, 0.2) is 41.9 Å². The molecule has 1 aromatic carbocycles. The van der Waals surface area contributed by atoms with Crippen LogP contribution < -0.4 is 5.32 Å². The summed E-state index contributed by atoms with van der Waals surface area (Å²) in [6.45, 7) is 8.39. The molecule has 0 aliphatic carbocycles. The third-order valence-corrected chi connectivity index (χ3v) is 7.21. The van der Waals surface area contributed by atoms with Crippen LogP contribution in [0.2, 0.25) is 0 Å². The van der Waals surface area contributed by atoms with Crippen molar-refractivity contribution in [1.82, 2.24) is 15.2 Å². The number of nitrogens with zero attached hydrogens (tertiary/aromatic N) is 2. The molecule has 1 aromatic heterocycles. The van der Waals surface area contributed by atoms with Crippen molar-refractivity contribution in [2.75, 3.05) is 13.7 Å². The topological polar surface area (TPSA) is 63.7 Å². The summed E-state index contributed by atoms with van der Waals surface area (Å²) in [6, 6.07) is 10.2. The van der Waals surface area contributed by atoms with Crippen LogP contribution in [0.5, 0.6) is 0 Å². The molecule has 1 aliphatic heterocycles. The van der Waals surface area contributed by atoms with E-state index in [1.165, 1.54) is 5.56 Å². The Bertz CT molecular complexity index is 899. The van der Waals surface area contributed by atoms with Gasteiger partial charge < -0.3 is 19.7 Å². The van der Waals surface area contributed by atoms with Crippen molar-refractivity contribution in [3.63, 3.8) is 0 Å². The largest absolute Gasteiger partial charge is 0.444 e. The lowest BCUT2D eigenvalue weighted by atomic mass is 9.95. The van der Waals surface area contributed by atoms with Gasteiger partial charge in [0.1, 0.15) is 10.6 Å². The van der Waals surface area contributed by atoms with Gasteiger partial charge in [0.15, 0.2) is 0 Å². The van der Waals surface area contributed by atoms with Crippen LogP contribution in [0.1, 0.15) is 57.1 Å².